The van der Waals surface area contributed by atoms with Gasteiger partial charge in [0, 0.05) is 37.7 Å². The number of hydrogen-bond donors (Lipinski definition) is 8. The Balaban J connectivity index is 0.000000395. The largest absolute Gasteiger partial charge is 0.456 e. The van der Waals surface area contributed by atoms with Gasteiger partial charge in [0.05, 0.1) is 48.5 Å². The number of rotatable bonds is 12. The van der Waals surface area contributed by atoms with Gasteiger partial charge in [-0.15, -0.1) is 0 Å². The molecule has 1 amide bonds. The van der Waals surface area contributed by atoms with Crippen LogP contribution in [0.15, 0.2) is 118 Å². The number of H-pyrrole nitrogens is 1. The summed E-state index contributed by atoms with van der Waals surface area (Å²) in [5.74, 6) is -8.07. The van der Waals surface area contributed by atoms with Crippen LogP contribution in [-0.4, -0.2) is 155 Å². The van der Waals surface area contributed by atoms with Gasteiger partial charge in [0.1, 0.15) is 42.2 Å². The molecule has 0 spiro atoms. The predicted molar refractivity (Wildman–Crippen MR) is 272 cm³/mol. The molecule has 23 nitrogen and oxygen atoms in total. The van der Waals surface area contributed by atoms with E-state index in [1.807, 2.05) is 0 Å². The number of hydrogen-bond acceptors (Lipinski definition) is 20. The van der Waals surface area contributed by atoms with Gasteiger partial charge in [-0.05, 0) is 54.8 Å². The van der Waals surface area contributed by atoms with Crippen LogP contribution in [0.5, 0.6) is 0 Å². The summed E-state index contributed by atoms with van der Waals surface area (Å²) in [5.41, 5.74) is -9.20. The van der Waals surface area contributed by atoms with Crippen LogP contribution in [0.3, 0.4) is 0 Å². The maximum Gasteiger partial charge on any atom is 0.338 e. The number of fused-ring (bicyclic) bond motifs is 5. The number of halogens is 1. The van der Waals surface area contributed by atoms with Gasteiger partial charge in [-0.1, -0.05) is 80.6 Å². The van der Waals surface area contributed by atoms with Crippen molar-refractivity contribution in [1.82, 2.24) is 14.9 Å². The summed E-state index contributed by atoms with van der Waals surface area (Å²) in [6.07, 6.45) is -15.3. The van der Waals surface area contributed by atoms with Gasteiger partial charge >= 0.3 is 29.6 Å². The molecule has 3 aromatic carbocycles. The summed E-state index contributed by atoms with van der Waals surface area (Å²) in [7, 11) is 0. The molecule has 428 valence electrons. The van der Waals surface area contributed by atoms with Crippen LogP contribution >= 0.6 is 0 Å². The maximum atomic E-state index is 15.5. The third-order valence-electron chi connectivity index (χ3n) is 16.2. The number of ketones is 1. The van der Waals surface area contributed by atoms with Crippen LogP contribution < -0.4 is 16.6 Å². The third-order valence-corrected chi connectivity index (χ3v) is 16.2. The van der Waals surface area contributed by atoms with Gasteiger partial charge in [-0.25, -0.2) is 14.4 Å². The number of esters is 4. The number of aromatic amines is 1. The number of carbonyl (C=O) groups is 6. The average molecular weight is 1120 g/mol. The molecule has 2 bridgehead atoms. The second-order valence-corrected chi connectivity index (χ2v) is 21.2. The van der Waals surface area contributed by atoms with Crippen LogP contribution in [-0.2, 0) is 47.6 Å². The van der Waals surface area contributed by atoms with E-state index in [0.29, 0.717) is 16.3 Å². The minimum absolute atomic E-state index is 0.00289. The monoisotopic (exact) mass is 1120 g/mol. The summed E-state index contributed by atoms with van der Waals surface area (Å²) in [4.78, 5) is 107. The van der Waals surface area contributed by atoms with E-state index in [9.17, 15) is 63.5 Å². The molecule has 0 radical (unpaired) electrons. The molecule has 8 N–H and O–H groups in total. The average Bonchev–Trinajstić information content (AvgIpc) is 2.22. The molecule has 1 aromatic heterocycles. The maximum absolute atomic E-state index is 15.5. The molecule has 3 aliphatic carbocycles. The Kier molecular flexibility index (Phi) is 16.7. The van der Waals surface area contributed by atoms with E-state index in [0.717, 1.165) is 13.8 Å². The van der Waals surface area contributed by atoms with Crippen LogP contribution in [0.25, 0.3) is 0 Å². The number of benzene rings is 3. The molecule has 15 atom stereocenters. The van der Waals surface area contributed by atoms with E-state index < -0.39 is 161 Å². The van der Waals surface area contributed by atoms with Gasteiger partial charge in [0.15, 0.2) is 29.8 Å². The lowest BCUT2D eigenvalue weighted by Gasteiger charge is -2.67. The quantitative estimate of drug-likeness (QED) is 0.0558. The lowest BCUT2D eigenvalue weighted by atomic mass is 9.44. The number of nitrogens with one attached hydrogen (secondary N) is 2. The fraction of sp³-hybridized carbons (Fsp3) is 0.464. The lowest BCUT2D eigenvalue weighted by Crippen LogP contribution is -2.82. The number of aliphatic hydroxyl groups is 6. The standard InChI is InChI=1S/C47H51NO14.C9H11FN2O6/c1-25-31(60-43(56)36(52)35(28-16-10-7-11-17-28)48-41(54)29-18-12-8-13-19-29)23-47(57)40(61-42(55)30-20-14-9-15-21-30)38-45(6,32(51)22-33-46(38,24-58-33)62-27(3)50)39(53)37(59-26(2)49)34(25)44(47,4)5;10-3-1-12(9(17)11-7(3)16)8-6(15)5(14)4(2-13)18-8/h7-21,31-33,35-38,40,51-52,57H,22-24H2,1-6H3,(H,48,54);1,4-6,8,13-15H,2H2,(H,11,16,17)/t31-,32-,33+,35-,36+,37+,38-,40-,45+,46-,47+;4-,5-,6-,8-/m01/s1. The zero-order chi connectivity index (χ0) is 58.4. The Morgan fingerprint density at radius 1 is 0.850 bits per heavy atom. The van der Waals surface area contributed by atoms with Crippen LogP contribution in [0.2, 0.25) is 0 Å². The molecule has 3 heterocycles. The molecule has 5 aliphatic rings. The van der Waals surface area contributed by atoms with E-state index >= 15 is 4.79 Å². The molecular formula is C56H62FN3O20. The topological polar surface area (TPSA) is 346 Å². The molecule has 4 fully saturated rings. The van der Waals surface area contributed by atoms with Gasteiger partial charge in [-0.3, -0.25) is 33.5 Å². The van der Waals surface area contributed by atoms with Crippen molar-refractivity contribution >= 4 is 35.6 Å². The molecule has 2 saturated carbocycles. The zero-order valence-corrected chi connectivity index (χ0v) is 44.2. The van der Waals surface area contributed by atoms with Crippen molar-refractivity contribution < 1.29 is 92.2 Å². The Labute approximate surface area is 455 Å². The van der Waals surface area contributed by atoms with Crippen molar-refractivity contribution in [3.05, 3.63) is 152 Å². The second-order valence-electron chi connectivity index (χ2n) is 21.2. The van der Waals surface area contributed by atoms with Crippen LogP contribution in [0.1, 0.15) is 92.9 Å². The highest BCUT2D eigenvalue weighted by Crippen LogP contribution is 2.64. The van der Waals surface area contributed by atoms with Crippen molar-refractivity contribution in [2.75, 3.05) is 13.2 Å². The smallest absolute Gasteiger partial charge is 0.338 e. The molecule has 4 aromatic rings. The van der Waals surface area contributed by atoms with E-state index in [1.54, 1.807) is 97.7 Å². The van der Waals surface area contributed by atoms with E-state index in [2.05, 4.69) is 5.32 Å². The summed E-state index contributed by atoms with van der Waals surface area (Å²) >= 11 is 0. The summed E-state index contributed by atoms with van der Waals surface area (Å²) < 4.78 is 49.0. The number of ether oxygens (including phenoxy) is 6. The first-order valence-corrected chi connectivity index (χ1v) is 25.6. The minimum atomic E-state index is -2.39. The normalized spacial score (nSPS) is 31.8. The number of nitrogens with zero attached hydrogens (tertiary/aromatic N) is 1. The highest BCUT2D eigenvalue weighted by atomic mass is 19.1. The van der Waals surface area contributed by atoms with Crippen molar-refractivity contribution in [3.63, 3.8) is 0 Å². The molecule has 2 saturated heterocycles. The number of carbonyl (C=O) groups excluding carboxylic acids is 6. The SMILES string of the molecule is CC(=O)O[C@H]1C(=O)[C@@]2(C)[C@H]([C@H](OC(=O)c3ccccc3)[C@]3(O)C[C@H](OC(=O)[C@H](O)[C@@H](NC(=O)c4ccccc4)c4ccccc4)C(C)=C1C3(C)C)[C@]1(OC(C)=O)CO[C@@H]1C[C@@H]2O.O=c1[nH]c(=O)n([C@@H]2O[C@H](CO)[C@@H](O)[C@H]2O)cc1F. The second kappa shape index (κ2) is 22.7. The first-order chi connectivity index (χ1) is 37.7. The number of amides is 1. The number of Topliss-reactive ketones (excluding diaryl/α,β-unsaturated/α-hetero) is 1. The highest BCUT2D eigenvalue weighted by Gasteiger charge is 2.78. The van der Waals surface area contributed by atoms with Crippen LogP contribution in [0, 0.1) is 22.6 Å². The molecule has 80 heavy (non-hydrogen) atoms. The minimum Gasteiger partial charge on any atom is -0.456 e. The Morgan fingerprint density at radius 2 is 1.45 bits per heavy atom. The van der Waals surface area contributed by atoms with E-state index in [-0.39, 0.29) is 35.3 Å². The molecule has 9 rings (SSSR count). The van der Waals surface area contributed by atoms with Crippen molar-refractivity contribution in [3.8, 4) is 0 Å². The van der Waals surface area contributed by atoms with E-state index in [4.69, 9.17) is 33.5 Å². The van der Waals surface area contributed by atoms with Gasteiger partial charge in [-0.2, -0.15) is 4.39 Å². The summed E-state index contributed by atoms with van der Waals surface area (Å²) in [6.45, 7) is 7.40. The predicted octanol–water partition coefficient (Wildman–Crippen LogP) is 1.02. The van der Waals surface area contributed by atoms with Gasteiger partial charge < -0.3 is 64.4 Å². The van der Waals surface area contributed by atoms with Crippen LogP contribution in [0.4, 0.5) is 4.39 Å². The Morgan fingerprint density at radius 3 is 2.00 bits per heavy atom. The van der Waals surface area contributed by atoms with E-state index in [1.165, 1.54) is 26.0 Å². The van der Waals surface area contributed by atoms with Crippen molar-refractivity contribution in [2.45, 2.75) is 133 Å². The van der Waals surface area contributed by atoms with Crippen molar-refractivity contribution in [2.24, 2.45) is 16.7 Å². The molecular weight excluding hydrogens is 1050 g/mol. The molecule has 2 aliphatic heterocycles. The summed E-state index contributed by atoms with van der Waals surface area (Å²) in [5, 5.41) is 68.2. The number of aromatic nitrogens is 2. The highest BCUT2D eigenvalue weighted by molar-refractivity contribution is 5.96. The first kappa shape index (κ1) is 58.8. The fourth-order valence-electron chi connectivity index (χ4n) is 11.9. The zero-order valence-electron chi connectivity index (χ0n) is 44.2. The first-order valence-electron chi connectivity index (χ1n) is 25.6. The Bertz CT molecular complexity index is 3170. The fourth-order valence-corrected chi connectivity index (χ4v) is 11.9. The molecule has 24 heteroatoms. The Hall–Kier alpha value is -7.29. The lowest BCUT2D eigenvalue weighted by molar-refractivity contribution is -0.346. The van der Waals surface area contributed by atoms with Gasteiger partial charge in [0.2, 0.25) is 5.82 Å². The third kappa shape index (κ3) is 10.4. The van der Waals surface area contributed by atoms with Gasteiger partial charge in [0.25, 0.3) is 11.5 Å². The number of aliphatic hydroxyl groups excluding tert-OH is 5. The van der Waals surface area contributed by atoms with Crippen molar-refractivity contribution in [1.29, 1.82) is 0 Å². The molecule has 0 unspecified atom stereocenters. The summed E-state index contributed by atoms with van der Waals surface area (Å²) in [6, 6.07) is 22.9.